The van der Waals surface area contributed by atoms with E-state index in [1.165, 1.54) is 0 Å². The molecule has 0 saturated carbocycles. The number of rotatable bonds is 3. The van der Waals surface area contributed by atoms with E-state index in [1.807, 2.05) is 38.1 Å². The second-order valence-corrected chi connectivity index (χ2v) is 5.21. The lowest BCUT2D eigenvalue weighted by Crippen LogP contribution is -2.18. The molecule has 0 amide bonds. The van der Waals surface area contributed by atoms with Gasteiger partial charge in [-0.1, -0.05) is 24.3 Å². The van der Waals surface area contributed by atoms with Gasteiger partial charge in [-0.3, -0.25) is 4.79 Å². The molecule has 2 rings (SSSR count). The quantitative estimate of drug-likeness (QED) is 0.763. The van der Waals surface area contributed by atoms with E-state index in [9.17, 15) is 4.79 Å². The van der Waals surface area contributed by atoms with E-state index in [0.29, 0.717) is 6.42 Å². The maximum atomic E-state index is 12.1. The van der Waals surface area contributed by atoms with Crippen LogP contribution in [0.4, 0.5) is 0 Å². The van der Waals surface area contributed by atoms with Crippen LogP contribution in [0.2, 0.25) is 0 Å². The Morgan fingerprint density at radius 2 is 1.89 bits per heavy atom. The van der Waals surface area contributed by atoms with Crippen molar-refractivity contribution in [1.82, 2.24) is 0 Å². The lowest BCUT2D eigenvalue weighted by Gasteiger charge is -2.25. The molecule has 0 aromatic heterocycles. The van der Waals surface area contributed by atoms with Crippen molar-refractivity contribution in [2.24, 2.45) is 5.92 Å². The fourth-order valence-electron chi connectivity index (χ4n) is 2.49. The first-order valence-corrected chi connectivity index (χ1v) is 6.55. The first-order valence-electron chi connectivity index (χ1n) is 6.55. The molecule has 19 heavy (non-hydrogen) atoms. The van der Waals surface area contributed by atoms with E-state index in [4.69, 9.17) is 4.74 Å². The van der Waals surface area contributed by atoms with Crippen LogP contribution in [0, 0.1) is 5.92 Å². The Morgan fingerprint density at radius 1 is 1.26 bits per heavy atom. The largest absolute Gasteiger partial charge is 0.497 e. The number of carbonyl (C=O) groups is 1. The minimum atomic E-state index is 0.241. The molecule has 1 atom stereocenters. The SMILES string of the molecule is C=C(C)[C@H]1CC(=O)C(C)=C(c2ccc(OC)cc2)C1. The second-order valence-electron chi connectivity index (χ2n) is 5.21. The molecular weight excluding hydrogens is 236 g/mol. The van der Waals surface area contributed by atoms with Gasteiger partial charge in [-0.2, -0.15) is 0 Å². The molecule has 1 aliphatic rings. The summed E-state index contributed by atoms with van der Waals surface area (Å²) in [4.78, 5) is 12.1. The third-order valence-corrected chi connectivity index (χ3v) is 3.89. The molecule has 0 bridgehead atoms. The number of ketones is 1. The minimum Gasteiger partial charge on any atom is -0.497 e. The molecule has 1 aromatic carbocycles. The summed E-state index contributed by atoms with van der Waals surface area (Å²) in [6.07, 6.45) is 1.50. The van der Waals surface area contributed by atoms with Gasteiger partial charge in [0.1, 0.15) is 5.75 Å². The highest BCUT2D eigenvalue weighted by Crippen LogP contribution is 2.36. The van der Waals surface area contributed by atoms with E-state index in [1.54, 1.807) is 7.11 Å². The van der Waals surface area contributed by atoms with Crippen LogP contribution in [0.5, 0.6) is 5.75 Å². The number of carbonyl (C=O) groups excluding carboxylic acids is 1. The molecule has 1 aromatic rings. The van der Waals surface area contributed by atoms with Gasteiger partial charge >= 0.3 is 0 Å². The lowest BCUT2D eigenvalue weighted by molar-refractivity contribution is -0.116. The summed E-state index contributed by atoms with van der Waals surface area (Å²) in [5.74, 6) is 1.35. The van der Waals surface area contributed by atoms with Crippen LogP contribution in [-0.4, -0.2) is 12.9 Å². The van der Waals surface area contributed by atoms with Crippen LogP contribution >= 0.6 is 0 Å². The highest BCUT2D eigenvalue weighted by Gasteiger charge is 2.26. The minimum absolute atomic E-state index is 0.241. The Kier molecular flexibility index (Phi) is 3.89. The normalized spacial score (nSPS) is 19.5. The van der Waals surface area contributed by atoms with Crippen LogP contribution in [-0.2, 0) is 4.79 Å². The topological polar surface area (TPSA) is 26.3 Å². The molecule has 0 radical (unpaired) electrons. The zero-order valence-electron chi connectivity index (χ0n) is 11.8. The van der Waals surface area contributed by atoms with E-state index in [-0.39, 0.29) is 11.7 Å². The maximum absolute atomic E-state index is 12.1. The Hall–Kier alpha value is -1.83. The van der Waals surface area contributed by atoms with Crippen molar-refractivity contribution in [3.8, 4) is 5.75 Å². The molecule has 0 unspecified atom stereocenters. The van der Waals surface area contributed by atoms with Gasteiger partial charge in [-0.05, 0) is 55.0 Å². The van der Waals surface area contributed by atoms with Crippen LogP contribution in [0.3, 0.4) is 0 Å². The van der Waals surface area contributed by atoms with Crippen molar-refractivity contribution in [2.75, 3.05) is 7.11 Å². The molecule has 0 spiro atoms. The van der Waals surface area contributed by atoms with Crippen molar-refractivity contribution >= 4 is 11.4 Å². The summed E-state index contributed by atoms with van der Waals surface area (Å²) in [5, 5.41) is 0. The number of Topliss-reactive ketones (excluding diaryl/α,β-unsaturated/α-hetero) is 1. The van der Waals surface area contributed by atoms with Crippen LogP contribution in [0.1, 0.15) is 32.3 Å². The number of hydrogen-bond donors (Lipinski definition) is 0. The van der Waals surface area contributed by atoms with Crippen LogP contribution in [0.15, 0.2) is 42.0 Å². The molecule has 0 fully saturated rings. The first-order chi connectivity index (χ1) is 9.02. The van der Waals surface area contributed by atoms with E-state index in [2.05, 4.69) is 6.58 Å². The smallest absolute Gasteiger partial charge is 0.159 e. The average molecular weight is 256 g/mol. The third-order valence-electron chi connectivity index (χ3n) is 3.89. The van der Waals surface area contributed by atoms with Crippen molar-refractivity contribution < 1.29 is 9.53 Å². The molecule has 2 nitrogen and oxygen atoms in total. The summed E-state index contributed by atoms with van der Waals surface area (Å²) in [6.45, 7) is 7.93. The summed E-state index contributed by atoms with van der Waals surface area (Å²) in [5.41, 5.74) is 4.24. The molecule has 0 saturated heterocycles. The Bertz CT molecular complexity index is 535. The molecular formula is C17H20O2. The molecule has 100 valence electrons. The van der Waals surface area contributed by atoms with Crippen LogP contribution in [0.25, 0.3) is 5.57 Å². The highest BCUT2D eigenvalue weighted by atomic mass is 16.5. The molecule has 0 aliphatic heterocycles. The van der Waals surface area contributed by atoms with Gasteiger partial charge < -0.3 is 4.74 Å². The zero-order valence-corrected chi connectivity index (χ0v) is 11.8. The lowest BCUT2D eigenvalue weighted by atomic mass is 9.78. The van der Waals surface area contributed by atoms with Crippen molar-refractivity contribution in [3.63, 3.8) is 0 Å². The molecule has 0 N–H and O–H groups in total. The maximum Gasteiger partial charge on any atom is 0.159 e. The standard InChI is InChI=1S/C17H20O2/c1-11(2)14-9-16(12(3)17(18)10-14)13-5-7-15(19-4)8-6-13/h5-8,14H,1,9-10H2,2-4H3/t14-/m1/s1. The first kappa shape index (κ1) is 13.6. The second kappa shape index (κ2) is 5.43. The summed E-state index contributed by atoms with van der Waals surface area (Å²) in [6, 6.07) is 7.91. The molecule has 0 heterocycles. The van der Waals surface area contributed by atoms with E-state index >= 15 is 0 Å². The monoisotopic (exact) mass is 256 g/mol. The van der Waals surface area contributed by atoms with E-state index in [0.717, 1.165) is 34.5 Å². The average Bonchev–Trinajstić information content (AvgIpc) is 2.41. The van der Waals surface area contributed by atoms with Crippen LogP contribution < -0.4 is 4.74 Å². The fraction of sp³-hybridized carbons (Fsp3) is 0.353. The van der Waals surface area contributed by atoms with Gasteiger partial charge in [0.25, 0.3) is 0 Å². The summed E-state index contributed by atoms with van der Waals surface area (Å²) in [7, 11) is 1.65. The van der Waals surface area contributed by atoms with Crippen molar-refractivity contribution in [1.29, 1.82) is 0 Å². The van der Waals surface area contributed by atoms with Crippen molar-refractivity contribution in [2.45, 2.75) is 26.7 Å². The number of hydrogen-bond acceptors (Lipinski definition) is 2. The van der Waals surface area contributed by atoms with E-state index < -0.39 is 0 Å². The van der Waals surface area contributed by atoms with Gasteiger partial charge in [0.2, 0.25) is 0 Å². The predicted molar refractivity (Wildman–Crippen MR) is 78.1 cm³/mol. The summed E-state index contributed by atoms with van der Waals surface area (Å²) < 4.78 is 5.17. The predicted octanol–water partition coefficient (Wildman–Crippen LogP) is 4.02. The number of methoxy groups -OCH3 is 1. The van der Waals surface area contributed by atoms with Gasteiger partial charge in [-0.25, -0.2) is 0 Å². The fourth-order valence-corrected chi connectivity index (χ4v) is 2.49. The Morgan fingerprint density at radius 3 is 2.42 bits per heavy atom. The van der Waals surface area contributed by atoms with Gasteiger partial charge in [-0.15, -0.1) is 0 Å². The number of ether oxygens (including phenoxy) is 1. The molecule has 2 heteroatoms. The Balaban J connectivity index is 2.37. The zero-order chi connectivity index (χ0) is 14.0. The Labute approximate surface area is 114 Å². The third kappa shape index (κ3) is 2.78. The molecule has 1 aliphatic carbocycles. The number of allylic oxidation sites excluding steroid dienone is 3. The van der Waals surface area contributed by atoms with Gasteiger partial charge in [0.15, 0.2) is 5.78 Å². The highest BCUT2D eigenvalue weighted by molar-refractivity contribution is 6.04. The van der Waals surface area contributed by atoms with Crippen molar-refractivity contribution in [3.05, 3.63) is 47.6 Å². The summed E-state index contributed by atoms with van der Waals surface area (Å²) >= 11 is 0. The van der Waals surface area contributed by atoms with Gasteiger partial charge in [0, 0.05) is 6.42 Å². The van der Waals surface area contributed by atoms with Gasteiger partial charge in [0.05, 0.1) is 7.11 Å². The number of benzene rings is 1.